The Balaban J connectivity index is 2.13. The second kappa shape index (κ2) is 7.18. The number of nitrogens with zero attached hydrogens (tertiary/aromatic N) is 1. The van der Waals surface area contributed by atoms with E-state index < -0.39 is 0 Å². The molecule has 0 saturated carbocycles. The molecule has 0 aliphatic heterocycles. The molecule has 0 spiro atoms. The number of aromatic nitrogens is 1. The van der Waals surface area contributed by atoms with E-state index in [1.807, 2.05) is 37.3 Å². The molecule has 0 saturated heterocycles. The highest BCUT2D eigenvalue weighted by Crippen LogP contribution is 2.28. The molecule has 1 heterocycles. The fourth-order valence-corrected chi connectivity index (χ4v) is 2.15. The Morgan fingerprint density at radius 1 is 1.00 bits per heavy atom. The summed E-state index contributed by atoms with van der Waals surface area (Å²) in [4.78, 5) is 4.36. The van der Waals surface area contributed by atoms with Crippen molar-refractivity contribution in [2.24, 2.45) is 0 Å². The summed E-state index contributed by atoms with van der Waals surface area (Å²) in [7, 11) is 3.22. The van der Waals surface area contributed by atoms with E-state index in [1.165, 1.54) is 0 Å². The molecule has 0 N–H and O–H groups in total. The monoisotopic (exact) mass is 307 g/mol. The van der Waals surface area contributed by atoms with E-state index in [0.717, 1.165) is 17.0 Å². The first-order valence-corrected chi connectivity index (χ1v) is 7.07. The summed E-state index contributed by atoms with van der Waals surface area (Å²) in [6, 6.07) is 9.47. The number of alkyl halides is 1. The van der Waals surface area contributed by atoms with Crippen molar-refractivity contribution in [3.63, 3.8) is 0 Å². The van der Waals surface area contributed by atoms with Crippen molar-refractivity contribution in [1.82, 2.24) is 4.98 Å². The number of rotatable bonds is 6. The molecule has 2 rings (SSSR count). The number of methoxy groups -OCH3 is 2. The average molecular weight is 308 g/mol. The topological polar surface area (TPSA) is 40.6 Å². The predicted molar refractivity (Wildman–Crippen MR) is 82.4 cm³/mol. The Labute approximate surface area is 129 Å². The van der Waals surface area contributed by atoms with Crippen LogP contribution in [0, 0.1) is 6.92 Å². The van der Waals surface area contributed by atoms with Gasteiger partial charge in [0.1, 0.15) is 12.4 Å². The molecule has 0 aliphatic rings. The Hall–Kier alpha value is -1.94. The molecule has 5 heteroatoms. The van der Waals surface area contributed by atoms with E-state index in [4.69, 9.17) is 25.8 Å². The third-order valence-corrected chi connectivity index (χ3v) is 3.29. The van der Waals surface area contributed by atoms with Gasteiger partial charge in [0.2, 0.25) is 0 Å². The van der Waals surface area contributed by atoms with Crippen molar-refractivity contribution in [3.05, 3.63) is 47.3 Å². The van der Waals surface area contributed by atoms with Crippen molar-refractivity contribution < 1.29 is 14.2 Å². The Bertz CT molecular complexity index is 616. The third kappa shape index (κ3) is 3.79. The molecule has 0 atom stereocenters. The normalized spacial score (nSPS) is 10.3. The zero-order chi connectivity index (χ0) is 15.2. The van der Waals surface area contributed by atoms with E-state index in [2.05, 4.69) is 4.98 Å². The number of halogens is 1. The molecular formula is C16H18ClNO3. The van der Waals surface area contributed by atoms with Crippen LogP contribution in [0.25, 0.3) is 0 Å². The fraction of sp³-hybridized carbons (Fsp3) is 0.312. The summed E-state index contributed by atoms with van der Waals surface area (Å²) in [5.74, 6) is 2.39. The smallest absolute Gasteiger partial charge is 0.161 e. The molecular weight excluding hydrogens is 290 g/mol. The second-order valence-corrected chi connectivity index (χ2v) is 4.78. The minimum absolute atomic E-state index is 0.322. The van der Waals surface area contributed by atoms with Gasteiger partial charge in [-0.15, -0.1) is 11.6 Å². The van der Waals surface area contributed by atoms with Crippen LogP contribution in [-0.4, -0.2) is 19.2 Å². The van der Waals surface area contributed by atoms with Crippen LogP contribution in [0.4, 0.5) is 0 Å². The van der Waals surface area contributed by atoms with Gasteiger partial charge in [0.25, 0.3) is 0 Å². The van der Waals surface area contributed by atoms with E-state index in [1.54, 1.807) is 14.2 Å². The lowest BCUT2D eigenvalue weighted by molar-refractivity contribution is 0.300. The lowest BCUT2D eigenvalue weighted by Crippen LogP contribution is -2.01. The maximum atomic E-state index is 5.89. The van der Waals surface area contributed by atoms with Gasteiger partial charge in [0.05, 0.1) is 25.8 Å². The zero-order valence-corrected chi connectivity index (χ0v) is 13.1. The molecule has 0 fully saturated rings. The fourth-order valence-electron chi connectivity index (χ4n) is 1.96. The van der Waals surface area contributed by atoms with Crippen LogP contribution < -0.4 is 14.2 Å². The summed E-state index contributed by atoms with van der Waals surface area (Å²) in [5, 5.41) is 0. The SMILES string of the molecule is COc1ccc(COc2ccc(C)nc2CCl)cc1OC. The maximum Gasteiger partial charge on any atom is 0.161 e. The maximum absolute atomic E-state index is 5.89. The van der Waals surface area contributed by atoms with Gasteiger partial charge in [-0.2, -0.15) is 0 Å². The van der Waals surface area contributed by atoms with Crippen LogP contribution >= 0.6 is 11.6 Å². The summed E-state index contributed by atoms with van der Waals surface area (Å²) in [5.41, 5.74) is 2.65. The summed E-state index contributed by atoms with van der Waals surface area (Å²) in [6.07, 6.45) is 0. The van der Waals surface area contributed by atoms with E-state index >= 15 is 0 Å². The number of aryl methyl sites for hydroxylation is 1. The van der Waals surface area contributed by atoms with Crippen LogP contribution in [0.5, 0.6) is 17.2 Å². The molecule has 0 bridgehead atoms. The van der Waals surface area contributed by atoms with Crippen molar-refractivity contribution in [3.8, 4) is 17.2 Å². The Morgan fingerprint density at radius 3 is 2.38 bits per heavy atom. The Kier molecular flexibility index (Phi) is 5.28. The van der Waals surface area contributed by atoms with Crippen LogP contribution in [0.2, 0.25) is 0 Å². The number of hydrogen-bond donors (Lipinski definition) is 0. The van der Waals surface area contributed by atoms with E-state index in [9.17, 15) is 0 Å². The number of hydrogen-bond acceptors (Lipinski definition) is 4. The summed E-state index contributed by atoms with van der Waals surface area (Å²) >= 11 is 5.89. The van der Waals surface area contributed by atoms with Crippen LogP contribution in [-0.2, 0) is 12.5 Å². The number of benzene rings is 1. The summed E-state index contributed by atoms with van der Waals surface area (Å²) in [6.45, 7) is 2.34. The first kappa shape index (κ1) is 15.4. The number of ether oxygens (including phenoxy) is 3. The second-order valence-electron chi connectivity index (χ2n) is 4.51. The van der Waals surface area contributed by atoms with E-state index in [0.29, 0.717) is 29.7 Å². The van der Waals surface area contributed by atoms with Crippen LogP contribution in [0.15, 0.2) is 30.3 Å². The van der Waals surface area contributed by atoms with Gasteiger partial charge in [-0.3, -0.25) is 4.98 Å². The molecule has 0 amide bonds. The van der Waals surface area contributed by atoms with E-state index in [-0.39, 0.29) is 0 Å². The largest absolute Gasteiger partial charge is 0.493 e. The molecule has 4 nitrogen and oxygen atoms in total. The standard InChI is InChI=1S/C16H18ClNO3/c1-11-4-6-14(13(9-17)18-11)21-10-12-5-7-15(19-2)16(8-12)20-3/h4-8H,9-10H2,1-3H3. The lowest BCUT2D eigenvalue weighted by Gasteiger charge is -2.12. The Morgan fingerprint density at radius 2 is 1.71 bits per heavy atom. The molecule has 1 aromatic heterocycles. The van der Waals surface area contributed by atoms with Gasteiger partial charge in [-0.05, 0) is 36.8 Å². The lowest BCUT2D eigenvalue weighted by atomic mass is 10.2. The highest BCUT2D eigenvalue weighted by molar-refractivity contribution is 6.17. The minimum Gasteiger partial charge on any atom is -0.493 e. The summed E-state index contributed by atoms with van der Waals surface area (Å²) < 4.78 is 16.3. The quantitative estimate of drug-likeness (QED) is 0.763. The van der Waals surface area contributed by atoms with Gasteiger partial charge in [-0.1, -0.05) is 6.07 Å². The molecule has 0 aliphatic carbocycles. The van der Waals surface area contributed by atoms with Crippen LogP contribution in [0.3, 0.4) is 0 Å². The molecule has 0 radical (unpaired) electrons. The van der Waals surface area contributed by atoms with Gasteiger partial charge in [0.15, 0.2) is 11.5 Å². The van der Waals surface area contributed by atoms with Crippen molar-refractivity contribution in [1.29, 1.82) is 0 Å². The average Bonchev–Trinajstić information content (AvgIpc) is 2.53. The van der Waals surface area contributed by atoms with Gasteiger partial charge in [-0.25, -0.2) is 0 Å². The molecule has 1 aromatic carbocycles. The minimum atomic E-state index is 0.322. The van der Waals surface area contributed by atoms with Gasteiger partial charge < -0.3 is 14.2 Å². The third-order valence-electron chi connectivity index (χ3n) is 3.04. The van der Waals surface area contributed by atoms with Gasteiger partial charge in [0, 0.05) is 5.69 Å². The first-order chi connectivity index (χ1) is 10.2. The molecule has 21 heavy (non-hydrogen) atoms. The van der Waals surface area contributed by atoms with Crippen molar-refractivity contribution in [2.75, 3.05) is 14.2 Å². The van der Waals surface area contributed by atoms with Gasteiger partial charge >= 0.3 is 0 Å². The zero-order valence-electron chi connectivity index (χ0n) is 12.4. The predicted octanol–water partition coefficient (Wildman–Crippen LogP) is 3.73. The highest BCUT2D eigenvalue weighted by Gasteiger charge is 2.08. The van der Waals surface area contributed by atoms with Crippen LogP contribution in [0.1, 0.15) is 17.0 Å². The molecule has 2 aromatic rings. The number of pyridine rings is 1. The first-order valence-electron chi connectivity index (χ1n) is 6.54. The van der Waals surface area contributed by atoms with Crippen molar-refractivity contribution >= 4 is 11.6 Å². The highest BCUT2D eigenvalue weighted by atomic mass is 35.5. The molecule has 0 unspecified atom stereocenters. The van der Waals surface area contributed by atoms with Crippen molar-refractivity contribution in [2.45, 2.75) is 19.4 Å². The molecule has 112 valence electrons.